The first-order valence-electron chi connectivity index (χ1n) is 6.25. The molecule has 5 heteroatoms. The van der Waals surface area contributed by atoms with Gasteiger partial charge in [0.2, 0.25) is 0 Å². The number of carbonyl (C=O) groups is 1. The van der Waals surface area contributed by atoms with Crippen molar-refractivity contribution in [1.82, 2.24) is 10.2 Å². The molecule has 1 amide bonds. The van der Waals surface area contributed by atoms with Gasteiger partial charge in [-0.25, -0.2) is 0 Å². The molecular formula is C14H21ClN2O2. The van der Waals surface area contributed by atoms with Gasteiger partial charge in [-0.2, -0.15) is 0 Å². The second-order valence-electron chi connectivity index (χ2n) is 5.25. The zero-order chi connectivity index (χ0) is 14.6. The normalized spacial score (nSPS) is 12.8. The molecule has 0 aliphatic heterocycles. The second kappa shape index (κ2) is 6.78. The fourth-order valence-corrected chi connectivity index (χ4v) is 1.93. The summed E-state index contributed by atoms with van der Waals surface area (Å²) in [5.41, 5.74) is 0.244. The van der Waals surface area contributed by atoms with E-state index in [2.05, 4.69) is 19.2 Å². The first kappa shape index (κ1) is 15.8. The standard InChI is InChI=1S/C14H21ClN2O2/c1-9(2)12(8-17(3)4)16-14(19)11-6-5-10(15)7-13(11)18/h5-7,9,12,18H,8H2,1-4H3,(H,16,19). The van der Waals surface area contributed by atoms with Gasteiger partial charge in [0.1, 0.15) is 5.75 Å². The highest BCUT2D eigenvalue weighted by Crippen LogP contribution is 2.22. The Labute approximate surface area is 119 Å². The number of aromatic hydroxyl groups is 1. The molecule has 0 aromatic heterocycles. The molecule has 1 aromatic carbocycles. The first-order chi connectivity index (χ1) is 8.81. The number of nitrogens with zero attached hydrogens (tertiary/aromatic N) is 1. The number of carbonyl (C=O) groups excluding carboxylic acids is 1. The summed E-state index contributed by atoms with van der Waals surface area (Å²) < 4.78 is 0. The number of nitrogens with one attached hydrogen (secondary N) is 1. The average Bonchev–Trinajstić information content (AvgIpc) is 2.26. The topological polar surface area (TPSA) is 52.6 Å². The van der Waals surface area contributed by atoms with E-state index >= 15 is 0 Å². The molecule has 1 unspecified atom stereocenters. The van der Waals surface area contributed by atoms with Gasteiger partial charge in [-0.1, -0.05) is 25.4 Å². The van der Waals surface area contributed by atoms with Crippen LogP contribution in [0.15, 0.2) is 18.2 Å². The average molecular weight is 285 g/mol. The number of hydrogen-bond acceptors (Lipinski definition) is 3. The fourth-order valence-electron chi connectivity index (χ4n) is 1.76. The van der Waals surface area contributed by atoms with E-state index in [1.54, 1.807) is 6.07 Å². The number of phenolic OH excluding ortho intramolecular Hbond substituents is 1. The Morgan fingerprint density at radius 1 is 1.42 bits per heavy atom. The molecule has 1 aromatic rings. The van der Waals surface area contributed by atoms with Crippen LogP contribution in [-0.2, 0) is 0 Å². The van der Waals surface area contributed by atoms with Crippen molar-refractivity contribution < 1.29 is 9.90 Å². The highest BCUT2D eigenvalue weighted by molar-refractivity contribution is 6.30. The summed E-state index contributed by atoms with van der Waals surface area (Å²) in [4.78, 5) is 14.2. The maximum Gasteiger partial charge on any atom is 0.255 e. The maximum atomic E-state index is 12.1. The predicted molar refractivity (Wildman–Crippen MR) is 77.8 cm³/mol. The van der Waals surface area contributed by atoms with E-state index in [0.717, 1.165) is 6.54 Å². The second-order valence-corrected chi connectivity index (χ2v) is 5.68. The summed E-state index contributed by atoms with van der Waals surface area (Å²) in [5.74, 6) is -0.0760. The number of phenols is 1. The van der Waals surface area contributed by atoms with E-state index in [1.807, 2.05) is 19.0 Å². The van der Waals surface area contributed by atoms with Gasteiger partial charge >= 0.3 is 0 Å². The lowest BCUT2D eigenvalue weighted by atomic mass is 10.0. The Kier molecular flexibility index (Phi) is 5.63. The van der Waals surface area contributed by atoms with Gasteiger partial charge in [-0.15, -0.1) is 0 Å². The fraction of sp³-hybridized carbons (Fsp3) is 0.500. The molecule has 0 heterocycles. The monoisotopic (exact) mass is 284 g/mol. The number of amides is 1. The third kappa shape index (κ3) is 4.73. The Morgan fingerprint density at radius 2 is 2.05 bits per heavy atom. The summed E-state index contributed by atoms with van der Waals surface area (Å²) in [7, 11) is 3.92. The van der Waals surface area contributed by atoms with E-state index in [-0.39, 0.29) is 23.3 Å². The van der Waals surface area contributed by atoms with Crippen molar-refractivity contribution in [2.24, 2.45) is 5.92 Å². The van der Waals surface area contributed by atoms with Gasteiger partial charge < -0.3 is 15.3 Å². The van der Waals surface area contributed by atoms with E-state index in [4.69, 9.17) is 11.6 Å². The zero-order valence-electron chi connectivity index (χ0n) is 11.8. The van der Waals surface area contributed by atoms with Crippen molar-refractivity contribution in [3.63, 3.8) is 0 Å². The molecule has 1 rings (SSSR count). The molecule has 0 spiro atoms. The largest absolute Gasteiger partial charge is 0.507 e. The van der Waals surface area contributed by atoms with E-state index in [1.165, 1.54) is 12.1 Å². The molecule has 2 N–H and O–H groups in total. The molecule has 0 saturated heterocycles. The highest BCUT2D eigenvalue weighted by Gasteiger charge is 2.19. The quantitative estimate of drug-likeness (QED) is 0.873. The summed E-state index contributed by atoms with van der Waals surface area (Å²) in [6, 6.07) is 4.51. The molecular weight excluding hydrogens is 264 g/mol. The smallest absolute Gasteiger partial charge is 0.255 e. The molecule has 0 saturated carbocycles. The number of halogens is 1. The van der Waals surface area contributed by atoms with Crippen LogP contribution in [0.3, 0.4) is 0 Å². The van der Waals surface area contributed by atoms with Crippen molar-refractivity contribution in [2.45, 2.75) is 19.9 Å². The van der Waals surface area contributed by atoms with Crippen molar-refractivity contribution in [2.75, 3.05) is 20.6 Å². The van der Waals surface area contributed by atoms with Crippen molar-refractivity contribution >= 4 is 17.5 Å². The minimum Gasteiger partial charge on any atom is -0.507 e. The zero-order valence-corrected chi connectivity index (χ0v) is 12.5. The number of benzene rings is 1. The van der Waals surface area contributed by atoms with E-state index < -0.39 is 0 Å². The molecule has 19 heavy (non-hydrogen) atoms. The number of rotatable bonds is 5. The van der Waals surface area contributed by atoms with Gasteiger partial charge in [0, 0.05) is 17.6 Å². The number of likely N-dealkylation sites (N-methyl/N-ethyl adjacent to an activating group) is 1. The molecule has 0 aliphatic rings. The van der Waals surface area contributed by atoms with Crippen LogP contribution in [-0.4, -0.2) is 42.6 Å². The minimum atomic E-state index is -0.283. The third-order valence-corrected chi connectivity index (χ3v) is 3.12. The Hall–Kier alpha value is -1.26. The number of hydrogen-bond donors (Lipinski definition) is 2. The molecule has 0 fully saturated rings. The van der Waals surface area contributed by atoms with Crippen LogP contribution in [0, 0.1) is 5.92 Å². The van der Waals surface area contributed by atoms with Crippen LogP contribution in [0.4, 0.5) is 0 Å². The summed E-state index contributed by atoms with van der Waals surface area (Å²) >= 11 is 5.75. The molecule has 1 atom stereocenters. The van der Waals surface area contributed by atoms with Gasteiger partial charge in [0.15, 0.2) is 0 Å². The first-order valence-corrected chi connectivity index (χ1v) is 6.63. The lowest BCUT2D eigenvalue weighted by Gasteiger charge is -2.25. The lowest BCUT2D eigenvalue weighted by molar-refractivity contribution is 0.0914. The molecule has 0 bridgehead atoms. The van der Waals surface area contributed by atoms with Gasteiger partial charge in [0.25, 0.3) is 5.91 Å². The minimum absolute atomic E-state index is 0.0255. The van der Waals surface area contributed by atoms with Gasteiger partial charge in [-0.3, -0.25) is 4.79 Å². The summed E-state index contributed by atoms with van der Waals surface area (Å²) in [6.45, 7) is 4.85. The van der Waals surface area contributed by atoms with E-state index in [0.29, 0.717) is 10.9 Å². The molecule has 106 valence electrons. The molecule has 0 radical (unpaired) electrons. The highest BCUT2D eigenvalue weighted by atomic mass is 35.5. The van der Waals surface area contributed by atoms with Crippen LogP contribution in [0.25, 0.3) is 0 Å². The van der Waals surface area contributed by atoms with Crippen LogP contribution >= 0.6 is 11.6 Å². The Morgan fingerprint density at radius 3 is 2.53 bits per heavy atom. The third-order valence-electron chi connectivity index (χ3n) is 2.89. The SMILES string of the molecule is CC(C)C(CN(C)C)NC(=O)c1ccc(Cl)cc1O. The van der Waals surface area contributed by atoms with Crippen molar-refractivity contribution in [3.05, 3.63) is 28.8 Å². The van der Waals surface area contributed by atoms with E-state index in [9.17, 15) is 9.90 Å². The molecule has 0 aliphatic carbocycles. The van der Waals surface area contributed by atoms with Crippen molar-refractivity contribution in [3.8, 4) is 5.75 Å². The summed E-state index contributed by atoms with van der Waals surface area (Å²) in [6.07, 6.45) is 0. The molecule has 4 nitrogen and oxygen atoms in total. The van der Waals surface area contributed by atoms with Crippen LogP contribution in [0.2, 0.25) is 5.02 Å². The van der Waals surface area contributed by atoms with Crippen LogP contribution < -0.4 is 5.32 Å². The Balaban J connectivity index is 2.81. The van der Waals surface area contributed by atoms with Gasteiger partial charge in [0.05, 0.1) is 5.56 Å². The Bertz CT molecular complexity index is 447. The lowest BCUT2D eigenvalue weighted by Crippen LogP contribution is -2.45. The summed E-state index contributed by atoms with van der Waals surface area (Å²) in [5, 5.41) is 13.1. The van der Waals surface area contributed by atoms with Crippen LogP contribution in [0.1, 0.15) is 24.2 Å². The van der Waals surface area contributed by atoms with Gasteiger partial charge in [-0.05, 0) is 38.2 Å². The van der Waals surface area contributed by atoms with Crippen LogP contribution in [0.5, 0.6) is 5.75 Å². The predicted octanol–water partition coefficient (Wildman–Crippen LogP) is 2.36. The maximum absolute atomic E-state index is 12.1. The van der Waals surface area contributed by atoms with Crippen molar-refractivity contribution in [1.29, 1.82) is 0 Å².